The monoisotopic (exact) mass is 177 g/mol. The Hall–Kier alpha value is -1.38. The SMILES string of the molecule is CN1CC2(C=CC(=O)C=C2)CC1=O. The fourth-order valence-corrected chi connectivity index (χ4v) is 1.83. The van der Waals surface area contributed by atoms with Crippen LogP contribution in [-0.2, 0) is 9.59 Å². The molecule has 0 aromatic heterocycles. The Morgan fingerprint density at radius 3 is 2.38 bits per heavy atom. The van der Waals surface area contributed by atoms with E-state index in [1.165, 1.54) is 0 Å². The molecule has 1 amide bonds. The van der Waals surface area contributed by atoms with Crippen molar-refractivity contribution in [3.05, 3.63) is 24.3 Å². The molecule has 3 nitrogen and oxygen atoms in total. The fourth-order valence-electron chi connectivity index (χ4n) is 1.83. The molecule has 68 valence electrons. The number of carbonyl (C=O) groups is 2. The maximum absolute atomic E-state index is 11.3. The summed E-state index contributed by atoms with van der Waals surface area (Å²) in [6, 6.07) is 0. The fraction of sp³-hybridized carbons (Fsp3) is 0.400. The smallest absolute Gasteiger partial charge is 0.223 e. The zero-order valence-corrected chi connectivity index (χ0v) is 7.49. The van der Waals surface area contributed by atoms with Gasteiger partial charge in [-0.2, -0.15) is 0 Å². The molecule has 13 heavy (non-hydrogen) atoms. The van der Waals surface area contributed by atoms with Crippen molar-refractivity contribution in [1.29, 1.82) is 0 Å². The molecule has 3 heteroatoms. The largest absolute Gasteiger partial charge is 0.345 e. The number of hydrogen-bond acceptors (Lipinski definition) is 2. The Kier molecular flexibility index (Phi) is 1.62. The van der Waals surface area contributed by atoms with Crippen molar-refractivity contribution >= 4 is 11.7 Å². The molecule has 0 N–H and O–H groups in total. The van der Waals surface area contributed by atoms with E-state index in [4.69, 9.17) is 0 Å². The van der Waals surface area contributed by atoms with E-state index in [1.807, 2.05) is 12.2 Å². The van der Waals surface area contributed by atoms with E-state index in [2.05, 4.69) is 0 Å². The van der Waals surface area contributed by atoms with Gasteiger partial charge in [0.15, 0.2) is 5.78 Å². The van der Waals surface area contributed by atoms with Crippen LogP contribution in [0, 0.1) is 5.41 Å². The van der Waals surface area contributed by atoms with Gasteiger partial charge in [0.25, 0.3) is 0 Å². The van der Waals surface area contributed by atoms with Gasteiger partial charge in [0, 0.05) is 25.4 Å². The van der Waals surface area contributed by atoms with Crippen LogP contribution < -0.4 is 0 Å². The van der Waals surface area contributed by atoms with Crippen LogP contribution in [0.3, 0.4) is 0 Å². The Bertz CT molecular complexity index is 312. The van der Waals surface area contributed by atoms with Crippen LogP contribution in [0.25, 0.3) is 0 Å². The van der Waals surface area contributed by atoms with Gasteiger partial charge in [-0.1, -0.05) is 12.2 Å². The van der Waals surface area contributed by atoms with Crippen molar-refractivity contribution in [2.45, 2.75) is 6.42 Å². The minimum atomic E-state index is -0.209. The highest BCUT2D eigenvalue weighted by Crippen LogP contribution is 2.35. The maximum atomic E-state index is 11.3. The van der Waals surface area contributed by atoms with Crippen LogP contribution >= 0.6 is 0 Å². The minimum absolute atomic E-state index is 0.00706. The molecular formula is C10H11NO2. The standard InChI is InChI=1S/C10H11NO2/c1-11-7-10(6-9(11)13)4-2-8(12)3-5-10/h2-5H,6-7H2,1H3. The molecule has 1 fully saturated rings. The summed E-state index contributed by atoms with van der Waals surface area (Å²) >= 11 is 0. The molecule has 0 aromatic carbocycles. The number of amides is 1. The average molecular weight is 177 g/mol. The predicted octanol–water partition coefficient (Wildman–Crippen LogP) is 0.530. The summed E-state index contributed by atoms with van der Waals surface area (Å²) in [5.41, 5.74) is -0.209. The van der Waals surface area contributed by atoms with E-state index in [9.17, 15) is 9.59 Å². The quantitative estimate of drug-likeness (QED) is 0.541. The molecular weight excluding hydrogens is 166 g/mol. The third-order valence-corrected chi connectivity index (χ3v) is 2.60. The van der Waals surface area contributed by atoms with Crippen molar-refractivity contribution in [2.24, 2.45) is 5.41 Å². The molecule has 0 aromatic rings. The Balaban J connectivity index is 2.26. The summed E-state index contributed by atoms with van der Waals surface area (Å²) in [5.74, 6) is 0.149. The predicted molar refractivity (Wildman–Crippen MR) is 48.0 cm³/mol. The molecule has 1 aliphatic heterocycles. The second-order valence-electron chi connectivity index (χ2n) is 3.73. The molecule has 2 aliphatic rings. The molecule has 1 spiro atoms. The van der Waals surface area contributed by atoms with Crippen molar-refractivity contribution in [1.82, 2.24) is 4.90 Å². The lowest BCUT2D eigenvalue weighted by atomic mass is 9.83. The molecule has 0 radical (unpaired) electrons. The molecule has 0 unspecified atom stereocenters. The molecule has 1 saturated heterocycles. The van der Waals surface area contributed by atoms with Gasteiger partial charge in [0.2, 0.25) is 5.91 Å². The zero-order chi connectivity index (χ0) is 9.47. The third kappa shape index (κ3) is 1.30. The lowest BCUT2D eigenvalue weighted by molar-refractivity contribution is -0.126. The Morgan fingerprint density at radius 2 is 1.92 bits per heavy atom. The number of rotatable bonds is 0. The number of ketones is 1. The van der Waals surface area contributed by atoms with Gasteiger partial charge in [-0.05, 0) is 12.2 Å². The number of carbonyl (C=O) groups excluding carboxylic acids is 2. The summed E-state index contributed by atoms with van der Waals surface area (Å²) < 4.78 is 0. The molecule has 1 heterocycles. The Morgan fingerprint density at radius 1 is 1.31 bits per heavy atom. The number of allylic oxidation sites excluding steroid dienone is 2. The van der Waals surface area contributed by atoms with Gasteiger partial charge in [0.1, 0.15) is 0 Å². The molecule has 0 atom stereocenters. The lowest BCUT2D eigenvalue weighted by Crippen LogP contribution is -2.23. The van der Waals surface area contributed by atoms with Crippen molar-refractivity contribution in [2.75, 3.05) is 13.6 Å². The highest BCUT2D eigenvalue weighted by Gasteiger charge is 2.38. The molecule has 0 saturated carbocycles. The number of nitrogens with zero attached hydrogens (tertiary/aromatic N) is 1. The molecule has 1 aliphatic carbocycles. The molecule has 0 bridgehead atoms. The van der Waals surface area contributed by atoms with E-state index < -0.39 is 0 Å². The van der Waals surface area contributed by atoms with Gasteiger partial charge >= 0.3 is 0 Å². The van der Waals surface area contributed by atoms with Gasteiger partial charge in [0.05, 0.1) is 0 Å². The third-order valence-electron chi connectivity index (χ3n) is 2.60. The zero-order valence-electron chi connectivity index (χ0n) is 7.49. The van der Waals surface area contributed by atoms with Crippen LogP contribution in [0.2, 0.25) is 0 Å². The topological polar surface area (TPSA) is 37.4 Å². The van der Waals surface area contributed by atoms with E-state index in [-0.39, 0.29) is 17.1 Å². The summed E-state index contributed by atoms with van der Waals surface area (Å²) in [7, 11) is 1.79. The highest BCUT2D eigenvalue weighted by molar-refractivity contribution is 6.00. The van der Waals surface area contributed by atoms with Crippen LogP contribution in [-0.4, -0.2) is 30.2 Å². The first kappa shape index (κ1) is 8.23. The summed E-state index contributed by atoms with van der Waals surface area (Å²) in [4.78, 5) is 23.9. The normalized spacial score (nSPS) is 24.8. The van der Waals surface area contributed by atoms with Crippen LogP contribution in [0.4, 0.5) is 0 Å². The van der Waals surface area contributed by atoms with E-state index >= 15 is 0 Å². The second-order valence-corrected chi connectivity index (χ2v) is 3.73. The van der Waals surface area contributed by atoms with Crippen molar-refractivity contribution < 1.29 is 9.59 Å². The maximum Gasteiger partial charge on any atom is 0.223 e. The number of hydrogen-bond donors (Lipinski definition) is 0. The summed E-state index contributed by atoms with van der Waals surface area (Å²) in [5, 5.41) is 0. The first-order chi connectivity index (χ1) is 6.11. The molecule has 2 rings (SSSR count). The van der Waals surface area contributed by atoms with Crippen LogP contribution in [0.5, 0.6) is 0 Å². The van der Waals surface area contributed by atoms with Gasteiger partial charge in [-0.15, -0.1) is 0 Å². The Labute approximate surface area is 76.7 Å². The second kappa shape index (κ2) is 2.55. The van der Waals surface area contributed by atoms with E-state index in [1.54, 1.807) is 24.1 Å². The van der Waals surface area contributed by atoms with Crippen LogP contribution in [0.15, 0.2) is 24.3 Å². The van der Waals surface area contributed by atoms with E-state index in [0.29, 0.717) is 13.0 Å². The highest BCUT2D eigenvalue weighted by atomic mass is 16.2. The van der Waals surface area contributed by atoms with Crippen molar-refractivity contribution in [3.63, 3.8) is 0 Å². The first-order valence-corrected chi connectivity index (χ1v) is 4.28. The van der Waals surface area contributed by atoms with Gasteiger partial charge < -0.3 is 4.90 Å². The van der Waals surface area contributed by atoms with E-state index in [0.717, 1.165) is 0 Å². The average Bonchev–Trinajstić information content (AvgIpc) is 2.36. The van der Waals surface area contributed by atoms with Gasteiger partial charge in [-0.25, -0.2) is 0 Å². The van der Waals surface area contributed by atoms with Crippen LogP contribution in [0.1, 0.15) is 6.42 Å². The first-order valence-electron chi connectivity index (χ1n) is 4.28. The minimum Gasteiger partial charge on any atom is -0.345 e. The number of likely N-dealkylation sites (tertiary alicyclic amines) is 1. The summed E-state index contributed by atoms with van der Waals surface area (Å²) in [6.45, 7) is 0.687. The van der Waals surface area contributed by atoms with Gasteiger partial charge in [-0.3, -0.25) is 9.59 Å². The lowest BCUT2D eigenvalue weighted by Gasteiger charge is -2.21. The van der Waals surface area contributed by atoms with Crippen molar-refractivity contribution in [3.8, 4) is 0 Å². The summed E-state index contributed by atoms with van der Waals surface area (Å²) in [6.07, 6.45) is 7.27.